The number of likely N-dealkylation sites (tertiary alicyclic amines) is 1. The molecule has 2 unspecified atom stereocenters. The van der Waals surface area contributed by atoms with E-state index in [1.807, 2.05) is 0 Å². The summed E-state index contributed by atoms with van der Waals surface area (Å²) >= 11 is 0. The highest BCUT2D eigenvalue weighted by molar-refractivity contribution is 5.79. The lowest BCUT2D eigenvalue weighted by atomic mass is 10.0. The molecule has 1 aromatic rings. The van der Waals surface area contributed by atoms with Crippen molar-refractivity contribution in [2.24, 2.45) is 0 Å². The molecule has 0 spiro atoms. The van der Waals surface area contributed by atoms with Crippen molar-refractivity contribution in [1.82, 2.24) is 4.90 Å². The molecule has 2 rings (SSSR count). The lowest BCUT2D eigenvalue weighted by Gasteiger charge is -2.28. The van der Waals surface area contributed by atoms with Gasteiger partial charge in [-0.15, -0.1) is 0 Å². The van der Waals surface area contributed by atoms with E-state index in [9.17, 15) is 14.7 Å². The van der Waals surface area contributed by atoms with E-state index in [0.29, 0.717) is 24.9 Å². The number of carboxylic acids is 2. The molecule has 1 fully saturated rings. The van der Waals surface area contributed by atoms with Crippen LogP contribution in [-0.2, 0) is 9.59 Å². The summed E-state index contributed by atoms with van der Waals surface area (Å²) in [6, 6.07) is 7.18. The Balaban J connectivity index is 2.31. The largest absolute Gasteiger partial charge is 0.480 e. The zero-order valence-electron chi connectivity index (χ0n) is 9.82. The van der Waals surface area contributed by atoms with Gasteiger partial charge in [-0.1, -0.05) is 30.3 Å². The Morgan fingerprint density at radius 3 is 2.44 bits per heavy atom. The van der Waals surface area contributed by atoms with Crippen LogP contribution in [-0.4, -0.2) is 39.6 Å². The Morgan fingerprint density at radius 2 is 1.89 bits per heavy atom. The number of hydrogen-bond donors (Lipinski definition) is 2. The standard InChI is InChI=1S/C13H15NO4/c15-12(16)10-7-4-8-14(10)11(13(17)18)9-5-2-1-3-6-9/h1-3,5-6,10-11H,4,7-8H2,(H,15,16)(H,17,18). The van der Waals surface area contributed by atoms with Crippen LogP contribution in [0.15, 0.2) is 30.3 Å². The number of aliphatic carboxylic acids is 2. The van der Waals surface area contributed by atoms with Crippen molar-refractivity contribution < 1.29 is 19.8 Å². The maximum absolute atomic E-state index is 11.4. The average molecular weight is 249 g/mol. The molecule has 0 aromatic heterocycles. The smallest absolute Gasteiger partial charge is 0.325 e. The zero-order valence-corrected chi connectivity index (χ0v) is 9.82. The fourth-order valence-corrected chi connectivity index (χ4v) is 2.47. The monoisotopic (exact) mass is 249 g/mol. The first-order chi connectivity index (χ1) is 8.61. The van der Waals surface area contributed by atoms with Gasteiger partial charge in [-0.25, -0.2) is 0 Å². The molecule has 5 nitrogen and oxygen atoms in total. The summed E-state index contributed by atoms with van der Waals surface area (Å²) in [6.45, 7) is 0.503. The second-order valence-electron chi connectivity index (χ2n) is 4.39. The molecule has 96 valence electrons. The van der Waals surface area contributed by atoms with Gasteiger partial charge in [0, 0.05) is 6.54 Å². The third-order valence-electron chi connectivity index (χ3n) is 3.26. The van der Waals surface area contributed by atoms with E-state index in [4.69, 9.17) is 5.11 Å². The molecule has 2 N–H and O–H groups in total. The Bertz CT molecular complexity index is 446. The minimum Gasteiger partial charge on any atom is -0.480 e. The molecular formula is C13H15NO4. The first kappa shape index (κ1) is 12.6. The highest BCUT2D eigenvalue weighted by Crippen LogP contribution is 2.29. The van der Waals surface area contributed by atoms with Crippen LogP contribution in [0.3, 0.4) is 0 Å². The first-order valence-electron chi connectivity index (χ1n) is 5.87. The van der Waals surface area contributed by atoms with E-state index in [0.717, 1.165) is 0 Å². The van der Waals surface area contributed by atoms with Crippen molar-refractivity contribution in [3.63, 3.8) is 0 Å². The highest BCUT2D eigenvalue weighted by atomic mass is 16.4. The summed E-state index contributed by atoms with van der Waals surface area (Å²) in [5.41, 5.74) is 0.623. The molecule has 0 bridgehead atoms. The summed E-state index contributed by atoms with van der Waals surface area (Å²) in [4.78, 5) is 24.1. The summed E-state index contributed by atoms with van der Waals surface area (Å²) in [6.07, 6.45) is 1.22. The Kier molecular flexibility index (Phi) is 3.62. The predicted molar refractivity (Wildman–Crippen MR) is 64.2 cm³/mol. The topological polar surface area (TPSA) is 77.8 Å². The molecule has 0 saturated carbocycles. The van der Waals surface area contributed by atoms with Gasteiger partial charge >= 0.3 is 11.9 Å². The minimum absolute atomic E-state index is 0.503. The number of carboxylic acid groups (broad SMARTS) is 2. The van der Waals surface area contributed by atoms with E-state index in [-0.39, 0.29) is 0 Å². The van der Waals surface area contributed by atoms with Crippen LogP contribution in [0.2, 0.25) is 0 Å². The highest BCUT2D eigenvalue weighted by Gasteiger charge is 2.39. The van der Waals surface area contributed by atoms with Crippen molar-refractivity contribution >= 4 is 11.9 Å². The molecular weight excluding hydrogens is 234 g/mol. The van der Waals surface area contributed by atoms with E-state index in [1.165, 1.54) is 0 Å². The number of nitrogens with zero attached hydrogens (tertiary/aromatic N) is 1. The zero-order chi connectivity index (χ0) is 13.1. The van der Waals surface area contributed by atoms with Gasteiger partial charge < -0.3 is 10.2 Å². The average Bonchev–Trinajstić information content (AvgIpc) is 2.79. The fourth-order valence-electron chi connectivity index (χ4n) is 2.47. The van der Waals surface area contributed by atoms with Gasteiger partial charge in [0.2, 0.25) is 0 Å². The SMILES string of the molecule is O=C(O)C1CCCN1C(C(=O)O)c1ccccc1. The van der Waals surface area contributed by atoms with Crippen molar-refractivity contribution in [3.05, 3.63) is 35.9 Å². The molecule has 1 aliphatic rings. The Hall–Kier alpha value is -1.88. The van der Waals surface area contributed by atoms with Crippen molar-refractivity contribution in [2.75, 3.05) is 6.54 Å². The Labute approximate surface area is 105 Å². The molecule has 1 aliphatic heterocycles. The van der Waals surface area contributed by atoms with Crippen LogP contribution in [0.1, 0.15) is 24.4 Å². The van der Waals surface area contributed by atoms with E-state index < -0.39 is 24.0 Å². The van der Waals surface area contributed by atoms with Crippen LogP contribution in [0.25, 0.3) is 0 Å². The van der Waals surface area contributed by atoms with Crippen molar-refractivity contribution in [2.45, 2.75) is 24.9 Å². The van der Waals surface area contributed by atoms with Gasteiger partial charge in [-0.05, 0) is 18.4 Å². The lowest BCUT2D eigenvalue weighted by molar-refractivity contribution is -0.149. The molecule has 0 radical (unpaired) electrons. The summed E-state index contributed by atoms with van der Waals surface area (Å²) < 4.78 is 0. The van der Waals surface area contributed by atoms with Crippen LogP contribution >= 0.6 is 0 Å². The van der Waals surface area contributed by atoms with E-state index in [2.05, 4.69) is 0 Å². The lowest BCUT2D eigenvalue weighted by Crippen LogP contribution is -2.41. The second kappa shape index (κ2) is 5.18. The van der Waals surface area contributed by atoms with Crippen molar-refractivity contribution in [3.8, 4) is 0 Å². The molecule has 1 saturated heterocycles. The second-order valence-corrected chi connectivity index (χ2v) is 4.39. The molecule has 0 aliphatic carbocycles. The quantitative estimate of drug-likeness (QED) is 0.842. The van der Waals surface area contributed by atoms with Gasteiger partial charge in [-0.2, -0.15) is 0 Å². The summed E-state index contributed by atoms with van der Waals surface area (Å²) in [5.74, 6) is -1.95. The van der Waals surface area contributed by atoms with Gasteiger partial charge in [0.1, 0.15) is 12.1 Å². The van der Waals surface area contributed by atoms with Crippen LogP contribution < -0.4 is 0 Å². The fraction of sp³-hybridized carbons (Fsp3) is 0.385. The number of rotatable bonds is 4. The number of hydrogen-bond acceptors (Lipinski definition) is 3. The molecule has 0 amide bonds. The van der Waals surface area contributed by atoms with Gasteiger partial charge in [0.25, 0.3) is 0 Å². The van der Waals surface area contributed by atoms with Gasteiger partial charge in [0.15, 0.2) is 0 Å². The predicted octanol–water partition coefficient (Wildman–Crippen LogP) is 1.36. The Morgan fingerprint density at radius 1 is 1.22 bits per heavy atom. The molecule has 2 atom stereocenters. The first-order valence-corrected chi connectivity index (χ1v) is 5.87. The summed E-state index contributed by atoms with van der Waals surface area (Å²) in [5, 5.41) is 18.5. The third-order valence-corrected chi connectivity index (χ3v) is 3.26. The van der Waals surface area contributed by atoms with Gasteiger partial charge in [-0.3, -0.25) is 14.5 Å². The normalized spacial score (nSPS) is 21.7. The van der Waals surface area contributed by atoms with Crippen LogP contribution in [0.4, 0.5) is 0 Å². The molecule has 5 heteroatoms. The van der Waals surface area contributed by atoms with Gasteiger partial charge in [0.05, 0.1) is 0 Å². The van der Waals surface area contributed by atoms with E-state index >= 15 is 0 Å². The number of benzene rings is 1. The number of carbonyl (C=O) groups is 2. The molecule has 18 heavy (non-hydrogen) atoms. The van der Waals surface area contributed by atoms with Crippen LogP contribution in [0.5, 0.6) is 0 Å². The maximum Gasteiger partial charge on any atom is 0.325 e. The molecule has 1 aromatic carbocycles. The molecule has 1 heterocycles. The van der Waals surface area contributed by atoms with E-state index in [1.54, 1.807) is 35.2 Å². The summed E-state index contributed by atoms with van der Waals surface area (Å²) in [7, 11) is 0. The third kappa shape index (κ3) is 2.36. The maximum atomic E-state index is 11.4. The minimum atomic E-state index is -1.01. The van der Waals surface area contributed by atoms with Crippen LogP contribution in [0, 0.1) is 0 Å². The van der Waals surface area contributed by atoms with Crippen molar-refractivity contribution in [1.29, 1.82) is 0 Å².